The van der Waals surface area contributed by atoms with Crippen molar-refractivity contribution in [3.8, 4) is 0 Å². The molecule has 1 aliphatic carbocycles. The molecule has 1 saturated heterocycles. The fourth-order valence-corrected chi connectivity index (χ4v) is 4.71. The van der Waals surface area contributed by atoms with Crippen LogP contribution in [-0.4, -0.2) is 54.6 Å². The van der Waals surface area contributed by atoms with E-state index >= 15 is 0 Å². The average molecular weight is 480 g/mol. The summed E-state index contributed by atoms with van der Waals surface area (Å²) in [5, 5.41) is 24.2. The van der Waals surface area contributed by atoms with Crippen molar-refractivity contribution >= 4 is 35.5 Å². The second kappa shape index (κ2) is 9.81. The van der Waals surface area contributed by atoms with Crippen molar-refractivity contribution in [2.45, 2.75) is 38.9 Å². The van der Waals surface area contributed by atoms with Crippen LogP contribution in [-0.2, 0) is 16.1 Å². The van der Waals surface area contributed by atoms with Gasteiger partial charge in [0.05, 0.1) is 5.41 Å². The van der Waals surface area contributed by atoms with Gasteiger partial charge in [-0.3, -0.25) is 19.5 Å². The number of hydrogen-bond donors (Lipinski definition) is 5. The van der Waals surface area contributed by atoms with Gasteiger partial charge in [-0.15, -0.1) is 0 Å². The van der Waals surface area contributed by atoms with Gasteiger partial charge < -0.3 is 26.8 Å². The minimum atomic E-state index is -0.741. The molecule has 0 aromatic heterocycles. The minimum absolute atomic E-state index is 0.0691. The van der Waals surface area contributed by atoms with E-state index in [1.54, 1.807) is 37.2 Å². The predicted molar refractivity (Wildman–Crippen MR) is 132 cm³/mol. The third-order valence-electron chi connectivity index (χ3n) is 6.64. The SMILES string of the molecule is CN/C=C(\C=N)c1cc(F)cc(CNC(=O)C2=NC(C)NC(N3CCC(C=N)(C4CC4)C3=O)=C2)c1. The zero-order chi connectivity index (χ0) is 25.2. The first kappa shape index (κ1) is 24.3. The summed E-state index contributed by atoms with van der Waals surface area (Å²) in [4.78, 5) is 32.1. The molecule has 9 nitrogen and oxygen atoms in total. The van der Waals surface area contributed by atoms with E-state index in [0.29, 0.717) is 35.5 Å². The second-order valence-electron chi connectivity index (χ2n) is 9.09. The van der Waals surface area contributed by atoms with Crippen LogP contribution in [0, 0.1) is 28.0 Å². The maximum Gasteiger partial charge on any atom is 0.269 e. The van der Waals surface area contributed by atoms with Gasteiger partial charge >= 0.3 is 0 Å². The third-order valence-corrected chi connectivity index (χ3v) is 6.64. The number of benzene rings is 1. The highest BCUT2D eigenvalue weighted by Gasteiger charge is 2.55. The Morgan fingerprint density at radius 2 is 2.11 bits per heavy atom. The molecular weight excluding hydrogens is 449 g/mol. The zero-order valence-electron chi connectivity index (χ0n) is 19.8. The number of allylic oxidation sites excluding steroid dienone is 1. The van der Waals surface area contributed by atoms with Gasteiger partial charge in [0.1, 0.15) is 23.5 Å². The van der Waals surface area contributed by atoms with E-state index in [1.807, 2.05) is 0 Å². The van der Waals surface area contributed by atoms with E-state index in [4.69, 9.17) is 10.8 Å². The van der Waals surface area contributed by atoms with Crippen LogP contribution in [0.2, 0.25) is 0 Å². The number of carbonyl (C=O) groups is 2. The molecule has 1 saturated carbocycles. The summed E-state index contributed by atoms with van der Waals surface area (Å²) in [5.41, 5.74) is 0.996. The minimum Gasteiger partial charge on any atom is -0.393 e. The monoisotopic (exact) mass is 479 g/mol. The topological polar surface area (TPSA) is 134 Å². The normalized spacial score (nSPS) is 24.3. The molecule has 2 fully saturated rings. The van der Waals surface area contributed by atoms with E-state index in [2.05, 4.69) is 20.9 Å². The molecule has 0 radical (unpaired) electrons. The fourth-order valence-electron chi connectivity index (χ4n) is 4.71. The van der Waals surface area contributed by atoms with Crippen molar-refractivity contribution in [1.82, 2.24) is 20.9 Å². The Balaban J connectivity index is 1.48. The lowest BCUT2D eigenvalue weighted by Gasteiger charge is -2.29. The van der Waals surface area contributed by atoms with Crippen molar-refractivity contribution in [3.05, 3.63) is 53.2 Å². The lowest BCUT2D eigenvalue weighted by atomic mass is 9.82. The zero-order valence-corrected chi connectivity index (χ0v) is 19.8. The predicted octanol–water partition coefficient (Wildman–Crippen LogP) is 2.16. The number of halogens is 1. The van der Waals surface area contributed by atoms with E-state index in [0.717, 1.165) is 19.1 Å². The molecule has 2 aliphatic heterocycles. The number of nitrogens with one attached hydrogen (secondary N) is 5. The quantitative estimate of drug-likeness (QED) is 0.347. The van der Waals surface area contributed by atoms with Crippen LogP contribution in [0.3, 0.4) is 0 Å². The Bertz CT molecular complexity index is 1150. The summed E-state index contributed by atoms with van der Waals surface area (Å²) < 4.78 is 14.2. The highest BCUT2D eigenvalue weighted by molar-refractivity contribution is 6.43. The van der Waals surface area contributed by atoms with Gasteiger partial charge in [0, 0.05) is 50.4 Å². The number of amides is 2. The maximum absolute atomic E-state index is 14.2. The molecule has 2 amide bonds. The van der Waals surface area contributed by atoms with Gasteiger partial charge in [-0.2, -0.15) is 0 Å². The molecule has 4 rings (SSSR count). The second-order valence-corrected chi connectivity index (χ2v) is 9.09. The van der Waals surface area contributed by atoms with Crippen LogP contribution in [0.4, 0.5) is 4.39 Å². The molecule has 184 valence electrons. The van der Waals surface area contributed by atoms with Crippen LogP contribution in [0.25, 0.3) is 5.57 Å². The molecule has 2 heterocycles. The molecule has 2 atom stereocenters. The van der Waals surface area contributed by atoms with Gasteiger partial charge in [-0.1, -0.05) is 0 Å². The molecule has 35 heavy (non-hydrogen) atoms. The van der Waals surface area contributed by atoms with Gasteiger partial charge in [-0.05, 0) is 61.4 Å². The standard InChI is InChI=1S/C25H30FN7O2/c1-15-31-21(10-22(32-15)33-6-5-25(14-28,24(33)35)19-3-4-19)23(34)30-12-16-7-17(9-20(26)8-16)18(11-27)13-29-2/h7-11,13-15,19,27-29,32H,3-6,12H2,1-2H3,(H,30,34)/b18-13+,27-11?,28-14?. The highest BCUT2D eigenvalue weighted by atomic mass is 19.1. The fraction of sp³-hybridized carbons (Fsp3) is 0.400. The Labute approximate surface area is 203 Å². The number of carbonyl (C=O) groups excluding carboxylic acids is 2. The van der Waals surface area contributed by atoms with Crippen molar-refractivity contribution in [1.29, 1.82) is 10.8 Å². The molecule has 3 aliphatic rings. The van der Waals surface area contributed by atoms with E-state index in [1.165, 1.54) is 18.3 Å². The molecule has 10 heteroatoms. The van der Waals surface area contributed by atoms with Crippen molar-refractivity contribution in [3.63, 3.8) is 0 Å². The average Bonchev–Trinajstić information content (AvgIpc) is 3.63. The Kier molecular flexibility index (Phi) is 6.81. The van der Waals surface area contributed by atoms with Gasteiger partial charge in [-0.25, -0.2) is 4.39 Å². The van der Waals surface area contributed by atoms with Crippen LogP contribution >= 0.6 is 0 Å². The number of nitrogens with zero attached hydrogens (tertiary/aromatic N) is 2. The molecule has 0 spiro atoms. The van der Waals surface area contributed by atoms with E-state index < -0.39 is 23.3 Å². The first-order valence-corrected chi connectivity index (χ1v) is 11.7. The van der Waals surface area contributed by atoms with Crippen molar-refractivity contribution in [2.75, 3.05) is 13.6 Å². The first-order valence-electron chi connectivity index (χ1n) is 11.7. The lowest BCUT2D eigenvalue weighted by molar-refractivity contribution is -0.132. The van der Waals surface area contributed by atoms with Crippen LogP contribution in [0.15, 0.2) is 41.3 Å². The smallest absolute Gasteiger partial charge is 0.269 e. The number of aliphatic imine (C=N–C) groups is 1. The number of hydrogen-bond acceptors (Lipinski definition) is 7. The molecule has 0 bridgehead atoms. The summed E-state index contributed by atoms with van der Waals surface area (Å²) in [6, 6.07) is 4.37. The van der Waals surface area contributed by atoms with Gasteiger partial charge in [0.2, 0.25) is 5.91 Å². The molecular formula is C25H30FN7O2. The summed E-state index contributed by atoms with van der Waals surface area (Å²) >= 11 is 0. The van der Waals surface area contributed by atoms with Gasteiger partial charge in [0.25, 0.3) is 5.91 Å². The Morgan fingerprint density at radius 3 is 2.77 bits per heavy atom. The van der Waals surface area contributed by atoms with Gasteiger partial charge in [0.15, 0.2) is 0 Å². The maximum atomic E-state index is 14.2. The van der Waals surface area contributed by atoms with Crippen molar-refractivity contribution < 1.29 is 14.0 Å². The van der Waals surface area contributed by atoms with E-state index in [-0.39, 0.29) is 24.1 Å². The summed E-state index contributed by atoms with van der Waals surface area (Å²) in [6.45, 7) is 2.34. The number of likely N-dealkylation sites (tertiary alicyclic amines) is 1. The van der Waals surface area contributed by atoms with E-state index in [9.17, 15) is 14.0 Å². The summed E-state index contributed by atoms with van der Waals surface area (Å²) in [6.07, 6.45) is 7.67. The van der Waals surface area contributed by atoms with Crippen LogP contribution in [0.5, 0.6) is 0 Å². The van der Waals surface area contributed by atoms with Crippen LogP contribution < -0.4 is 16.0 Å². The molecule has 5 N–H and O–H groups in total. The largest absolute Gasteiger partial charge is 0.393 e. The van der Waals surface area contributed by atoms with Crippen LogP contribution in [0.1, 0.15) is 37.3 Å². The Hall–Kier alpha value is -3.82. The highest BCUT2D eigenvalue weighted by Crippen LogP contribution is 2.50. The first-order chi connectivity index (χ1) is 16.8. The number of rotatable bonds is 9. The summed E-state index contributed by atoms with van der Waals surface area (Å²) in [5.74, 6) is -0.280. The molecule has 1 aromatic carbocycles. The lowest BCUT2D eigenvalue weighted by Crippen LogP contribution is -2.45. The third kappa shape index (κ3) is 4.87. The summed E-state index contributed by atoms with van der Waals surface area (Å²) in [7, 11) is 1.69. The molecule has 1 aromatic rings. The molecule has 2 unspecified atom stereocenters. The Morgan fingerprint density at radius 1 is 1.34 bits per heavy atom. The van der Waals surface area contributed by atoms with Crippen molar-refractivity contribution in [2.24, 2.45) is 16.3 Å².